The highest BCUT2D eigenvalue weighted by Crippen LogP contribution is 2.22. The van der Waals surface area contributed by atoms with Crippen molar-refractivity contribution in [1.29, 1.82) is 0 Å². The molecule has 1 aliphatic rings. The maximum atomic E-state index is 12.5. The van der Waals surface area contributed by atoms with Gasteiger partial charge in [0.25, 0.3) is 11.5 Å². The third kappa shape index (κ3) is 4.68. The lowest BCUT2D eigenvalue weighted by atomic mass is 10.1. The smallest absolute Gasteiger partial charge is 0.273 e. The van der Waals surface area contributed by atoms with Crippen LogP contribution in [0.4, 0.5) is 0 Å². The van der Waals surface area contributed by atoms with Crippen molar-refractivity contribution >= 4 is 34.8 Å². The van der Waals surface area contributed by atoms with E-state index in [1.807, 2.05) is 24.3 Å². The summed E-state index contributed by atoms with van der Waals surface area (Å²) < 4.78 is 2.03. The predicted molar refractivity (Wildman–Crippen MR) is 119 cm³/mol. The van der Waals surface area contributed by atoms with Crippen LogP contribution in [0.5, 0.6) is 0 Å². The number of carbonyl (C=O) groups is 2. The van der Waals surface area contributed by atoms with Crippen LogP contribution in [0.1, 0.15) is 15.2 Å². The van der Waals surface area contributed by atoms with Crippen LogP contribution in [0.25, 0.3) is 5.69 Å². The van der Waals surface area contributed by atoms with Gasteiger partial charge < -0.3 is 15.5 Å². The van der Waals surface area contributed by atoms with Gasteiger partial charge in [0.15, 0.2) is 0 Å². The lowest BCUT2D eigenvalue weighted by Gasteiger charge is -2.19. The van der Waals surface area contributed by atoms with E-state index >= 15 is 0 Å². The Hall–Kier alpha value is -3.01. The van der Waals surface area contributed by atoms with E-state index in [1.165, 1.54) is 22.1 Å². The highest BCUT2D eigenvalue weighted by molar-refractivity contribution is 7.18. The van der Waals surface area contributed by atoms with Crippen molar-refractivity contribution in [3.8, 4) is 5.69 Å². The Balaban J connectivity index is 1.41. The number of hydrogen-bond donors (Lipinski definition) is 2. The van der Waals surface area contributed by atoms with Crippen LogP contribution in [0.3, 0.4) is 0 Å². The number of aromatic nitrogens is 2. The second-order valence-electron chi connectivity index (χ2n) is 7.21. The number of nitrogens with zero attached hydrogens (tertiary/aromatic N) is 3. The number of likely N-dealkylation sites (tertiary alicyclic amines) is 1. The summed E-state index contributed by atoms with van der Waals surface area (Å²) in [6, 6.07) is 9.93. The standard InChI is InChI=1S/C21H20ClN5O3S/c1-26-12-15(19(21(26)30)25-20(29)16-6-7-17(22)31-16)24-10-13-2-4-14(5-3-13)27-9-8-23-11-18(27)28/h2-9,11,15,19,24H,10,12H2,1H3,(H,25,29)/t15-,19-/m0/s1. The molecule has 2 aromatic heterocycles. The summed E-state index contributed by atoms with van der Waals surface area (Å²) in [6.45, 7) is 0.994. The maximum absolute atomic E-state index is 12.5. The first-order valence-corrected chi connectivity index (χ1v) is 10.8. The Morgan fingerprint density at radius 2 is 2.00 bits per heavy atom. The molecule has 1 aromatic carbocycles. The summed E-state index contributed by atoms with van der Waals surface area (Å²) in [7, 11) is 1.71. The molecule has 8 nitrogen and oxygen atoms in total. The zero-order valence-electron chi connectivity index (χ0n) is 16.6. The number of amides is 2. The number of nitrogens with one attached hydrogen (secondary N) is 2. The van der Waals surface area contributed by atoms with Gasteiger partial charge in [-0.25, -0.2) is 0 Å². The Bertz CT molecular complexity index is 1160. The third-order valence-corrected chi connectivity index (χ3v) is 6.34. The number of carbonyl (C=O) groups excluding carboxylic acids is 2. The van der Waals surface area contributed by atoms with Gasteiger partial charge in [0, 0.05) is 38.2 Å². The fraction of sp³-hybridized carbons (Fsp3) is 0.238. The minimum atomic E-state index is -0.659. The van der Waals surface area contributed by atoms with E-state index in [0.29, 0.717) is 22.3 Å². The van der Waals surface area contributed by atoms with Crippen molar-refractivity contribution in [2.24, 2.45) is 0 Å². The molecule has 0 spiro atoms. The van der Waals surface area contributed by atoms with Gasteiger partial charge in [-0.15, -0.1) is 11.3 Å². The van der Waals surface area contributed by atoms with Gasteiger partial charge in [0.05, 0.1) is 21.5 Å². The Morgan fingerprint density at radius 1 is 1.23 bits per heavy atom. The second kappa shape index (κ2) is 9.01. The molecule has 2 amide bonds. The molecule has 3 aromatic rings. The zero-order chi connectivity index (χ0) is 22.0. The first-order valence-electron chi connectivity index (χ1n) is 9.59. The molecule has 1 fully saturated rings. The van der Waals surface area contributed by atoms with Crippen LogP contribution in [0, 0.1) is 0 Å². The van der Waals surface area contributed by atoms with Crippen LogP contribution >= 0.6 is 22.9 Å². The molecular formula is C21H20ClN5O3S. The summed E-state index contributed by atoms with van der Waals surface area (Å²) in [5.74, 6) is -0.453. The van der Waals surface area contributed by atoms with E-state index in [0.717, 1.165) is 11.3 Å². The van der Waals surface area contributed by atoms with E-state index in [-0.39, 0.29) is 23.4 Å². The monoisotopic (exact) mass is 457 g/mol. The van der Waals surface area contributed by atoms with Crippen molar-refractivity contribution in [2.45, 2.75) is 18.6 Å². The van der Waals surface area contributed by atoms with Crippen LogP contribution in [0.15, 0.2) is 59.8 Å². The normalized spacial score (nSPS) is 18.4. The number of hydrogen-bond acceptors (Lipinski definition) is 6. The number of rotatable bonds is 6. The first kappa shape index (κ1) is 21.2. The molecule has 0 saturated carbocycles. The molecule has 2 N–H and O–H groups in total. The Labute approximate surface area is 187 Å². The highest BCUT2D eigenvalue weighted by atomic mass is 35.5. The van der Waals surface area contributed by atoms with Gasteiger partial charge in [0.2, 0.25) is 5.91 Å². The molecule has 0 bridgehead atoms. The lowest BCUT2D eigenvalue weighted by molar-refractivity contribution is -0.128. The van der Waals surface area contributed by atoms with Gasteiger partial charge >= 0.3 is 0 Å². The van der Waals surface area contributed by atoms with Gasteiger partial charge in [-0.05, 0) is 29.8 Å². The van der Waals surface area contributed by atoms with Crippen molar-refractivity contribution in [3.05, 3.63) is 80.1 Å². The highest BCUT2D eigenvalue weighted by Gasteiger charge is 2.39. The van der Waals surface area contributed by atoms with Crippen molar-refractivity contribution in [2.75, 3.05) is 13.6 Å². The molecule has 3 heterocycles. The number of benzene rings is 1. The van der Waals surface area contributed by atoms with Gasteiger partial charge in [-0.1, -0.05) is 23.7 Å². The topological polar surface area (TPSA) is 96.3 Å². The lowest BCUT2D eigenvalue weighted by Crippen LogP contribution is -2.50. The minimum absolute atomic E-state index is 0.138. The Kier molecular flexibility index (Phi) is 6.17. The van der Waals surface area contributed by atoms with Crippen molar-refractivity contribution in [1.82, 2.24) is 25.1 Å². The first-order chi connectivity index (χ1) is 14.9. The molecule has 1 aliphatic heterocycles. The van der Waals surface area contributed by atoms with Crippen molar-refractivity contribution in [3.63, 3.8) is 0 Å². The summed E-state index contributed by atoms with van der Waals surface area (Å²) >= 11 is 7.08. The van der Waals surface area contributed by atoms with Crippen LogP contribution < -0.4 is 16.2 Å². The number of thiophene rings is 1. The number of likely N-dealkylation sites (N-methyl/N-ethyl adjacent to an activating group) is 1. The van der Waals surface area contributed by atoms with E-state index in [9.17, 15) is 14.4 Å². The fourth-order valence-corrected chi connectivity index (χ4v) is 4.42. The van der Waals surface area contributed by atoms with Crippen molar-refractivity contribution < 1.29 is 9.59 Å². The molecular weight excluding hydrogens is 438 g/mol. The quantitative estimate of drug-likeness (QED) is 0.587. The molecule has 0 unspecified atom stereocenters. The summed E-state index contributed by atoms with van der Waals surface area (Å²) in [5, 5.41) is 6.19. The predicted octanol–water partition coefficient (Wildman–Crippen LogP) is 1.68. The third-order valence-electron chi connectivity index (χ3n) is 5.11. The summed E-state index contributed by atoms with van der Waals surface area (Å²) in [6.07, 6.45) is 4.44. The van der Waals surface area contributed by atoms with Crippen LogP contribution in [-0.4, -0.2) is 51.9 Å². The van der Waals surface area contributed by atoms with Gasteiger partial charge in [0.1, 0.15) is 6.04 Å². The van der Waals surface area contributed by atoms with Crippen LogP contribution in [-0.2, 0) is 11.3 Å². The molecule has 0 radical (unpaired) electrons. The molecule has 0 aliphatic carbocycles. The SMILES string of the molecule is CN1C[C@H](NCc2ccc(-n3ccncc3=O)cc2)[C@H](NC(=O)c2ccc(Cl)s2)C1=O. The van der Waals surface area contributed by atoms with Crippen LogP contribution in [0.2, 0.25) is 4.34 Å². The molecule has 10 heteroatoms. The summed E-state index contributed by atoms with van der Waals surface area (Å²) in [5.41, 5.74) is 1.53. The molecule has 2 atom stereocenters. The summed E-state index contributed by atoms with van der Waals surface area (Å²) in [4.78, 5) is 42.8. The van der Waals surface area contributed by atoms with E-state index in [1.54, 1.807) is 36.5 Å². The van der Waals surface area contributed by atoms with E-state index in [2.05, 4.69) is 15.6 Å². The largest absolute Gasteiger partial charge is 0.342 e. The minimum Gasteiger partial charge on any atom is -0.342 e. The van der Waals surface area contributed by atoms with E-state index < -0.39 is 6.04 Å². The Morgan fingerprint density at radius 3 is 2.68 bits per heavy atom. The fourth-order valence-electron chi connectivity index (χ4n) is 3.48. The van der Waals surface area contributed by atoms with E-state index in [4.69, 9.17) is 11.6 Å². The van der Waals surface area contributed by atoms with Gasteiger partial charge in [-0.3, -0.25) is 23.9 Å². The zero-order valence-corrected chi connectivity index (χ0v) is 18.2. The molecule has 4 rings (SSSR count). The second-order valence-corrected chi connectivity index (χ2v) is 8.93. The molecule has 31 heavy (non-hydrogen) atoms. The molecule has 160 valence electrons. The molecule has 1 saturated heterocycles. The average molecular weight is 458 g/mol. The maximum Gasteiger partial charge on any atom is 0.273 e. The van der Waals surface area contributed by atoms with Gasteiger partial charge in [-0.2, -0.15) is 0 Å². The average Bonchev–Trinajstić information content (AvgIpc) is 3.32. The number of halogens is 1.